The van der Waals surface area contributed by atoms with Gasteiger partial charge in [0, 0.05) is 5.88 Å². The molecule has 0 saturated heterocycles. The molecule has 0 unspecified atom stereocenters. The Bertz CT molecular complexity index is 283. The molecule has 0 aromatic heterocycles. The summed E-state index contributed by atoms with van der Waals surface area (Å²) in [7, 11) is 0. The molecule has 0 nitrogen and oxygen atoms in total. The number of benzene rings is 1. The molecular formula is C13H17Cl. The smallest absolute Gasteiger partial charge is 0.0258 e. The van der Waals surface area contributed by atoms with E-state index in [0.29, 0.717) is 11.8 Å². The second-order valence-corrected chi connectivity index (χ2v) is 4.08. The predicted octanol–water partition coefficient (Wildman–Crippen LogP) is 4.45. The van der Waals surface area contributed by atoms with Gasteiger partial charge in [-0.25, -0.2) is 0 Å². The molecule has 0 atom stereocenters. The van der Waals surface area contributed by atoms with E-state index in [1.54, 1.807) is 0 Å². The predicted molar refractivity (Wildman–Crippen MR) is 64.9 cm³/mol. The Kier molecular flexibility index (Phi) is 4.75. The third-order valence-electron chi connectivity index (χ3n) is 2.19. The highest BCUT2D eigenvalue weighted by Crippen LogP contribution is 2.15. The van der Waals surface area contributed by atoms with Gasteiger partial charge in [-0.1, -0.05) is 50.3 Å². The zero-order chi connectivity index (χ0) is 10.4. The Hall–Kier alpha value is -0.750. The van der Waals surface area contributed by atoms with Crippen molar-refractivity contribution in [3.8, 4) is 0 Å². The van der Waals surface area contributed by atoms with Crippen LogP contribution in [0.4, 0.5) is 0 Å². The van der Waals surface area contributed by atoms with E-state index in [4.69, 9.17) is 11.6 Å². The maximum Gasteiger partial charge on any atom is 0.0258 e. The van der Waals surface area contributed by atoms with Gasteiger partial charge in [0.1, 0.15) is 0 Å². The molecule has 76 valence electrons. The summed E-state index contributed by atoms with van der Waals surface area (Å²) in [6.45, 7) is 4.41. The van der Waals surface area contributed by atoms with E-state index in [1.165, 1.54) is 11.1 Å². The topological polar surface area (TPSA) is 0 Å². The van der Waals surface area contributed by atoms with Crippen LogP contribution in [0, 0.1) is 0 Å². The fourth-order valence-electron chi connectivity index (χ4n) is 1.27. The molecule has 0 fully saturated rings. The summed E-state index contributed by atoms with van der Waals surface area (Å²) >= 11 is 5.58. The van der Waals surface area contributed by atoms with Crippen LogP contribution in [-0.4, -0.2) is 5.88 Å². The molecule has 0 bridgehead atoms. The molecule has 0 heterocycles. The van der Waals surface area contributed by atoms with Crippen molar-refractivity contribution in [1.82, 2.24) is 0 Å². The minimum absolute atomic E-state index is 0.607. The third-order valence-corrected chi connectivity index (χ3v) is 2.41. The largest absolute Gasteiger partial charge is 0.126 e. The lowest BCUT2D eigenvalue weighted by Crippen LogP contribution is -1.85. The van der Waals surface area contributed by atoms with Crippen molar-refractivity contribution in [1.29, 1.82) is 0 Å². The minimum Gasteiger partial charge on any atom is -0.126 e. The number of hydrogen-bond donors (Lipinski definition) is 0. The number of halogens is 1. The number of rotatable bonds is 4. The van der Waals surface area contributed by atoms with Crippen LogP contribution in [0.15, 0.2) is 30.3 Å². The second kappa shape index (κ2) is 5.87. The molecule has 0 spiro atoms. The van der Waals surface area contributed by atoms with Gasteiger partial charge < -0.3 is 0 Å². The standard InChI is InChI=1S/C13H17Cl/c1-11(2)13-8-6-12(7-9-13)5-3-4-10-14/h3,5-9,11H,4,10H2,1-2H3/b5-3+. The maximum absolute atomic E-state index is 5.58. The number of allylic oxidation sites excluding steroid dienone is 1. The molecule has 0 aliphatic carbocycles. The quantitative estimate of drug-likeness (QED) is 0.642. The van der Waals surface area contributed by atoms with Gasteiger partial charge in [0.15, 0.2) is 0 Å². The van der Waals surface area contributed by atoms with Crippen LogP contribution in [-0.2, 0) is 0 Å². The van der Waals surface area contributed by atoms with Crippen molar-refractivity contribution >= 4 is 17.7 Å². The lowest BCUT2D eigenvalue weighted by atomic mass is 10.0. The van der Waals surface area contributed by atoms with Gasteiger partial charge in [-0.15, -0.1) is 11.6 Å². The average molecular weight is 209 g/mol. The highest BCUT2D eigenvalue weighted by Gasteiger charge is 1.96. The summed E-state index contributed by atoms with van der Waals surface area (Å²) < 4.78 is 0. The van der Waals surface area contributed by atoms with Gasteiger partial charge in [0.2, 0.25) is 0 Å². The highest BCUT2D eigenvalue weighted by atomic mass is 35.5. The Morgan fingerprint density at radius 2 is 1.86 bits per heavy atom. The zero-order valence-electron chi connectivity index (χ0n) is 8.83. The molecule has 1 rings (SSSR count). The lowest BCUT2D eigenvalue weighted by Gasteiger charge is -2.04. The van der Waals surface area contributed by atoms with Crippen LogP contribution < -0.4 is 0 Å². The summed E-state index contributed by atoms with van der Waals surface area (Å²) in [5.74, 6) is 1.30. The van der Waals surface area contributed by atoms with Gasteiger partial charge in [-0.05, 0) is 23.5 Å². The van der Waals surface area contributed by atoms with Crippen molar-refractivity contribution in [2.45, 2.75) is 26.2 Å². The number of alkyl halides is 1. The maximum atomic E-state index is 5.58. The SMILES string of the molecule is CC(C)c1ccc(/C=C/CCCl)cc1. The molecule has 0 amide bonds. The molecule has 1 aromatic rings. The highest BCUT2D eigenvalue weighted by molar-refractivity contribution is 6.17. The van der Waals surface area contributed by atoms with E-state index in [0.717, 1.165) is 6.42 Å². The van der Waals surface area contributed by atoms with Gasteiger partial charge in [-0.2, -0.15) is 0 Å². The molecule has 0 aliphatic rings. The monoisotopic (exact) mass is 208 g/mol. The van der Waals surface area contributed by atoms with E-state index in [9.17, 15) is 0 Å². The molecule has 0 N–H and O–H groups in total. The average Bonchev–Trinajstić information content (AvgIpc) is 2.19. The van der Waals surface area contributed by atoms with Crippen LogP contribution in [0.2, 0.25) is 0 Å². The van der Waals surface area contributed by atoms with E-state index in [1.807, 2.05) is 0 Å². The van der Waals surface area contributed by atoms with Gasteiger partial charge in [0.05, 0.1) is 0 Å². The van der Waals surface area contributed by atoms with Crippen LogP contribution in [0.25, 0.3) is 6.08 Å². The first-order valence-electron chi connectivity index (χ1n) is 5.06. The first-order valence-corrected chi connectivity index (χ1v) is 5.60. The van der Waals surface area contributed by atoms with Gasteiger partial charge in [0.25, 0.3) is 0 Å². The summed E-state index contributed by atoms with van der Waals surface area (Å²) in [5.41, 5.74) is 2.64. The fourth-order valence-corrected chi connectivity index (χ4v) is 1.40. The van der Waals surface area contributed by atoms with E-state index >= 15 is 0 Å². The van der Waals surface area contributed by atoms with E-state index < -0.39 is 0 Å². The first-order chi connectivity index (χ1) is 6.74. The second-order valence-electron chi connectivity index (χ2n) is 3.70. The van der Waals surface area contributed by atoms with Gasteiger partial charge >= 0.3 is 0 Å². The third kappa shape index (κ3) is 3.55. The van der Waals surface area contributed by atoms with E-state index in [2.05, 4.69) is 50.3 Å². The minimum atomic E-state index is 0.607. The fraction of sp³-hybridized carbons (Fsp3) is 0.385. The molecule has 1 heteroatoms. The van der Waals surface area contributed by atoms with Crippen LogP contribution >= 0.6 is 11.6 Å². The van der Waals surface area contributed by atoms with Crippen LogP contribution in [0.5, 0.6) is 0 Å². The summed E-state index contributed by atoms with van der Waals surface area (Å²) in [6, 6.07) is 8.68. The van der Waals surface area contributed by atoms with Crippen LogP contribution in [0.3, 0.4) is 0 Å². The van der Waals surface area contributed by atoms with Crippen molar-refractivity contribution < 1.29 is 0 Å². The summed E-state index contributed by atoms with van der Waals surface area (Å²) in [5, 5.41) is 0. The van der Waals surface area contributed by atoms with Crippen molar-refractivity contribution in [3.05, 3.63) is 41.5 Å². The Morgan fingerprint density at radius 1 is 1.21 bits per heavy atom. The molecule has 1 aromatic carbocycles. The Balaban J connectivity index is 2.64. The Labute approximate surface area is 91.6 Å². The molecule has 0 saturated carbocycles. The summed E-state index contributed by atoms with van der Waals surface area (Å²) in [4.78, 5) is 0. The lowest BCUT2D eigenvalue weighted by molar-refractivity contribution is 0.866. The van der Waals surface area contributed by atoms with Gasteiger partial charge in [-0.3, -0.25) is 0 Å². The summed E-state index contributed by atoms with van der Waals surface area (Å²) in [6.07, 6.45) is 5.16. The molecule has 0 radical (unpaired) electrons. The molecule has 14 heavy (non-hydrogen) atoms. The normalized spacial score (nSPS) is 11.4. The Morgan fingerprint density at radius 3 is 2.36 bits per heavy atom. The molecular weight excluding hydrogens is 192 g/mol. The first kappa shape index (κ1) is 11.3. The van der Waals surface area contributed by atoms with Crippen molar-refractivity contribution in [2.24, 2.45) is 0 Å². The van der Waals surface area contributed by atoms with Crippen molar-refractivity contribution in [2.75, 3.05) is 5.88 Å². The van der Waals surface area contributed by atoms with E-state index in [-0.39, 0.29) is 0 Å². The zero-order valence-corrected chi connectivity index (χ0v) is 9.59. The van der Waals surface area contributed by atoms with Crippen molar-refractivity contribution in [3.63, 3.8) is 0 Å². The van der Waals surface area contributed by atoms with Crippen LogP contribution in [0.1, 0.15) is 37.3 Å². The molecule has 0 aliphatic heterocycles. The number of hydrogen-bond acceptors (Lipinski definition) is 0.